The average molecular weight is 311 g/mol. The second kappa shape index (κ2) is 7.01. The summed E-state index contributed by atoms with van der Waals surface area (Å²) < 4.78 is 5.25. The van der Waals surface area contributed by atoms with E-state index in [0.29, 0.717) is 5.88 Å². The van der Waals surface area contributed by atoms with Crippen molar-refractivity contribution in [1.29, 1.82) is 0 Å². The van der Waals surface area contributed by atoms with Gasteiger partial charge in [0.2, 0.25) is 5.88 Å². The monoisotopic (exact) mass is 311 g/mol. The largest absolute Gasteiger partial charge is 0.481 e. The SMILES string of the molecule is COc1cc(C)c(CN2CCN(c3ccccc3)CC2)c(C)n1. The molecule has 4 nitrogen and oxygen atoms in total. The van der Waals surface area contributed by atoms with E-state index in [-0.39, 0.29) is 0 Å². The molecule has 1 aliphatic heterocycles. The maximum Gasteiger partial charge on any atom is 0.213 e. The molecular formula is C19H25N3O. The number of para-hydroxylation sites is 1. The Morgan fingerprint density at radius 3 is 2.35 bits per heavy atom. The van der Waals surface area contributed by atoms with E-state index in [0.717, 1.165) is 38.4 Å². The number of aromatic nitrogens is 1. The van der Waals surface area contributed by atoms with Crippen LogP contribution in [-0.4, -0.2) is 43.2 Å². The first-order valence-electron chi connectivity index (χ1n) is 8.21. The Bertz CT molecular complexity index is 626. The van der Waals surface area contributed by atoms with Crippen molar-refractivity contribution in [2.45, 2.75) is 20.4 Å². The zero-order chi connectivity index (χ0) is 16.2. The van der Waals surface area contributed by atoms with E-state index in [1.165, 1.54) is 16.8 Å². The van der Waals surface area contributed by atoms with Gasteiger partial charge in [-0.1, -0.05) is 18.2 Å². The van der Waals surface area contributed by atoms with Gasteiger partial charge in [-0.15, -0.1) is 0 Å². The number of benzene rings is 1. The molecule has 0 atom stereocenters. The molecule has 0 spiro atoms. The maximum absolute atomic E-state index is 5.25. The third kappa shape index (κ3) is 3.64. The highest BCUT2D eigenvalue weighted by Crippen LogP contribution is 2.21. The molecule has 1 aromatic carbocycles. The van der Waals surface area contributed by atoms with Crippen LogP contribution in [0.5, 0.6) is 5.88 Å². The second-order valence-corrected chi connectivity index (χ2v) is 6.14. The molecule has 0 saturated carbocycles. The number of nitrogens with zero attached hydrogens (tertiary/aromatic N) is 3. The van der Waals surface area contributed by atoms with E-state index in [1.54, 1.807) is 7.11 Å². The quantitative estimate of drug-likeness (QED) is 0.868. The van der Waals surface area contributed by atoms with Crippen molar-refractivity contribution in [3.63, 3.8) is 0 Å². The van der Waals surface area contributed by atoms with Crippen LogP contribution in [-0.2, 0) is 6.54 Å². The smallest absolute Gasteiger partial charge is 0.213 e. The van der Waals surface area contributed by atoms with Crippen molar-refractivity contribution in [3.8, 4) is 5.88 Å². The van der Waals surface area contributed by atoms with Crippen molar-refractivity contribution in [1.82, 2.24) is 9.88 Å². The van der Waals surface area contributed by atoms with Gasteiger partial charge >= 0.3 is 0 Å². The van der Waals surface area contributed by atoms with Crippen LogP contribution >= 0.6 is 0 Å². The molecule has 2 heterocycles. The highest BCUT2D eigenvalue weighted by atomic mass is 16.5. The fourth-order valence-corrected chi connectivity index (χ4v) is 3.19. The molecule has 122 valence electrons. The number of rotatable bonds is 4. The Hall–Kier alpha value is -2.07. The molecule has 0 aliphatic carbocycles. The van der Waals surface area contributed by atoms with E-state index in [1.807, 2.05) is 6.07 Å². The minimum absolute atomic E-state index is 0.706. The lowest BCUT2D eigenvalue weighted by molar-refractivity contribution is 0.248. The highest BCUT2D eigenvalue weighted by Gasteiger charge is 2.19. The van der Waals surface area contributed by atoms with Gasteiger partial charge < -0.3 is 9.64 Å². The summed E-state index contributed by atoms with van der Waals surface area (Å²) in [4.78, 5) is 9.50. The van der Waals surface area contributed by atoms with Crippen molar-refractivity contribution < 1.29 is 4.74 Å². The van der Waals surface area contributed by atoms with Crippen LogP contribution < -0.4 is 9.64 Å². The molecule has 1 saturated heterocycles. The van der Waals surface area contributed by atoms with Gasteiger partial charge in [0.05, 0.1) is 7.11 Å². The number of methoxy groups -OCH3 is 1. The van der Waals surface area contributed by atoms with Crippen molar-refractivity contribution in [2.24, 2.45) is 0 Å². The number of anilines is 1. The lowest BCUT2D eigenvalue weighted by Crippen LogP contribution is -2.46. The Balaban J connectivity index is 1.63. The molecule has 1 aliphatic rings. The lowest BCUT2D eigenvalue weighted by Gasteiger charge is -2.36. The Morgan fingerprint density at radius 1 is 1.04 bits per heavy atom. The number of hydrogen-bond acceptors (Lipinski definition) is 4. The predicted octanol–water partition coefficient (Wildman–Crippen LogP) is 3.03. The molecule has 0 radical (unpaired) electrons. The molecule has 1 fully saturated rings. The van der Waals surface area contributed by atoms with Crippen LogP contribution in [0.4, 0.5) is 5.69 Å². The Kier molecular flexibility index (Phi) is 4.82. The molecule has 0 unspecified atom stereocenters. The maximum atomic E-state index is 5.25. The van der Waals surface area contributed by atoms with Crippen molar-refractivity contribution in [3.05, 3.63) is 53.2 Å². The molecule has 3 rings (SSSR count). The lowest BCUT2D eigenvalue weighted by atomic mass is 10.1. The minimum Gasteiger partial charge on any atom is -0.481 e. The molecule has 23 heavy (non-hydrogen) atoms. The van der Waals surface area contributed by atoms with Crippen molar-refractivity contribution in [2.75, 3.05) is 38.2 Å². The van der Waals surface area contributed by atoms with Gasteiger partial charge in [-0.25, -0.2) is 4.98 Å². The Morgan fingerprint density at radius 2 is 1.74 bits per heavy atom. The zero-order valence-electron chi connectivity index (χ0n) is 14.2. The van der Waals surface area contributed by atoms with Crippen LogP contribution in [0.2, 0.25) is 0 Å². The third-order valence-electron chi connectivity index (χ3n) is 4.62. The Labute approximate surface area is 138 Å². The first-order valence-corrected chi connectivity index (χ1v) is 8.21. The average Bonchev–Trinajstić information content (AvgIpc) is 2.59. The van der Waals surface area contributed by atoms with Crippen LogP contribution in [0.25, 0.3) is 0 Å². The van der Waals surface area contributed by atoms with Gasteiger partial charge in [0.15, 0.2) is 0 Å². The van der Waals surface area contributed by atoms with E-state index in [9.17, 15) is 0 Å². The number of pyridine rings is 1. The van der Waals surface area contributed by atoms with Crippen LogP contribution in [0, 0.1) is 13.8 Å². The fourth-order valence-electron chi connectivity index (χ4n) is 3.19. The topological polar surface area (TPSA) is 28.6 Å². The standard InChI is InChI=1S/C19H25N3O/c1-15-13-19(23-3)20-16(2)18(15)14-21-9-11-22(12-10-21)17-7-5-4-6-8-17/h4-8,13H,9-12,14H2,1-3H3. The summed E-state index contributed by atoms with van der Waals surface area (Å²) in [6, 6.07) is 12.7. The summed E-state index contributed by atoms with van der Waals surface area (Å²) in [5.41, 5.74) is 5.00. The molecule has 0 amide bonds. The van der Waals surface area contributed by atoms with E-state index < -0.39 is 0 Å². The third-order valence-corrected chi connectivity index (χ3v) is 4.62. The molecule has 0 N–H and O–H groups in total. The summed E-state index contributed by atoms with van der Waals surface area (Å²) in [5, 5.41) is 0. The van der Waals surface area contributed by atoms with Gasteiger partial charge in [0.25, 0.3) is 0 Å². The molecule has 0 bridgehead atoms. The minimum atomic E-state index is 0.706. The van der Waals surface area contributed by atoms with Gasteiger partial charge in [-0.3, -0.25) is 4.90 Å². The summed E-state index contributed by atoms with van der Waals surface area (Å²) in [6.45, 7) is 9.51. The molecule has 1 aromatic heterocycles. The number of aryl methyl sites for hydroxylation is 2. The van der Waals surface area contributed by atoms with Gasteiger partial charge in [-0.05, 0) is 37.1 Å². The first kappa shape index (κ1) is 15.8. The van der Waals surface area contributed by atoms with E-state index in [2.05, 4.69) is 59.0 Å². The predicted molar refractivity (Wildman–Crippen MR) is 94.2 cm³/mol. The molecule has 2 aromatic rings. The highest BCUT2D eigenvalue weighted by molar-refractivity contribution is 5.46. The first-order chi connectivity index (χ1) is 11.2. The second-order valence-electron chi connectivity index (χ2n) is 6.14. The van der Waals surface area contributed by atoms with E-state index >= 15 is 0 Å². The van der Waals surface area contributed by atoms with Crippen molar-refractivity contribution >= 4 is 5.69 Å². The van der Waals surface area contributed by atoms with Crippen LogP contribution in [0.1, 0.15) is 16.8 Å². The van der Waals surface area contributed by atoms with Gasteiger partial charge in [-0.2, -0.15) is 0 Å². The van der Waals surface area contributed by atoms with Crippen LogP contribution in [0.15, 0.2) is 36.4 Å². The summed E-state index contributed by atoms with van der Waals surface area (Å²) >= 11 is 0. The van der Waals surface area contributed by atoms with Crippen LogP contribution in [0.3, 0.4) is 0 Å². The number of ether oxygens (including phenoxy) is 1. The van der Waals surface area contributed by atoms with Gasteiger partial charge in [0, 0.05) is 50.2 Å². The fraction of sp³-hybridized carbons (Fsp3) is 0.421. The molecule has 4 heteroatoms. The zero-order valence-corrected chi connectivity index (χ0v) is 14.2. The molecular weight excluding hydrogens is 286 g/mol. The summed E-state index contributed by atoms with van der Waals surface area (Å²) in [6.07, 6.45) is 0. The van der Waals surface area contributed by atoms with E-state index in [4.69, 9.17) is 4.74 Å². The summed E-state index contributed by atoms with van der Waals surface area (Å²) in [5.74, 6) is 0.706. The number of hydrogen-bond donors (Lipinski definition) is 0. The summed E-state index contributed by atoms with van der Waals surface area (Å²) in [7, 11) is 1.67. The van der Waals surface area contributed by atoms with Gasteiger partial charge in [0.1, 0.15) is 0 Å². The normalized spacial score (nSPS) is 15.7. The number of piperazine rings is 1.